The number of rotatable bonds is 5. The van der Waals surface area contributed by atoms with Crippen molar-refractivity contribution in [2.24, 2.45) is 4.99 Å². The van der Waals surface area contributed by atoms with Crippen molar-refractivity contribution in [3.8, 4) is 0 Å². The summed E-state index contributed by atoms with van der Waals surface area (Å²) in [5.41, 5.74) is 2.07. The van der Waals surface area contributed by atoms with Gasteiger partial charge in [-0.25, -0.2) is 9.37 Å². The SMILES string of the molecule is CN=C(NCCC(=O)Nc1ccc(C)cn1)N1CCN(c2ccc(F)cc2)CC1.I. The van der Waals surface area contributed by atoms with Crippen molar-refractivity contribution in [3.05, 3.63) is 54.0 Å². The highest BCUT2D eigenvalue weighted by Gasteiger charge is 2.20. The van der Waals surface area contributed by atoms with Crippen molar-refractivity contribution in [2.45, 2.75) is 13.3 Å². The lowest BCUT2D eigenvalue weighted by Gasteiger charge is -2.37. The minimum Gasteiger partial charge on any atom is -0.368 e. The number of hydrogen-bond donors (Lipinski definition) is 2. The predicted octanol–water partition coefficient (Wildman–Crippen LogP) is 2.87. The molecule has 0 radical (unpaired) electrons. The normalized spacial score (nSPS) is 14.2. The van der Waals surface area contributed by atoms with Crippen molar-refractivity contribution < 1.29 is 9.18 Å². The number of halogens is 2. The summed E-state index contributed by atoms with van der Waals surface area (Å²) in [6, 6.07) is 10.3. The summed E-state index contributed by atoms with van der Waals surface area (Å²) in [5.74, 6) is 1.02. The van der Waals surface area contributed by atoms with E-state index in [1.807, 2.05) is 13.0 Å². The van der Waals surface area contributed by atoms with Gasteiger partial charge in [-0.2, -0.15) is 0 Å². The third-order valence-electron chi connectivity index (χ3n) is 4.80. The van der Waals surface area contributed by atoms with Crippen LogP contribution in [0.4, 0.5) is 15.9 Å². The number of hydrogen-bond acceptors (Lipinski definition) is 4. The third-order valence-corrected chi connectivity index (χ3v) is 4.80. The number of carbonyl (C=O) groups excluding carboxylic acids is 1. The molecule has 0 spiro atoms. The molecule has 2 aromatic rings. The molecule has 1 aliphatic heterocycles. The van der Waals surface area contributed by atoms with Gasteiger partial charge in [-0.15, -0.1) is 24.0 Å². The number of piperazine rings is 1. The smallest absolute Gasteiger partial charge is 0.227 e. The molecule has 0 unspecified atom stereocenters. The van der Waals surface area contributed by atoms with Crippen LogP contribution in [0.1, 0.15) is 12.0 Å². The molecular weight excluding hydrogens is 498 g/mol. The van der Waals surface area contributed by atoms with E-state index in [2.05, 4.69) is 30.4 Å². The lowest BCUT2D eigenvalue weighted by molar-refractivity contribution is -0.116. The minimum atomic E-state index is -0.223. The van der Waals surface area contributed by atoms with E-state index in [0.29, 0.717) is 18.8 Å². The van der Waals surface area contributed by atoms with Crippen molar-refractivity contribution in [1.82, 2.24) is 15.2 Å². The molecule has 1 aromatic carbocycles. The molecule has 2 heterocycles. The molecule has 0 saturated carbocycles. The van der Waals surface area contributed by atoms with Gasteiger partial charge in [0, 0.05) is 58.1 Å². The van der Waals surface area contributed by atoms with Gasteiger partial charge in [-0.05, 0) is 42.8 Å². The summed E-state index contributed by atoms with van der Waals surface area (Å²) >= 11 is 0. The summed E-state index contributed by atoms with van der Waals surface area (Å²) in [6.45, 7) is 5.70. The van der Waals surface area contributed by atoms with E-state index in [1.165, 1.54) is 12.1 Å². The molecule has 0 bridgehead atoms. The number of aryl methyl sites for hydroxylation is 1. The van der Waals surface area contributed by atoms with Gasteiger partial charge >= 0.3 is 0 Å². The molecule has 0 aliphatic carbocycles. The number of carbonyl (C=O) groups is 1. The summed E-state index contributed by atoms with van der Waals surface area (Å²) < 4.78 is 13.1. The number of pyridine rings is 1. The maximum atomic E-state index is 13.1. The Hall–Kier alpha value is -2.43. The first-order valence-electron chi connectivity index (χ1n) is 9.74. The lowest BCUT2D eigenvalue weighted by atomic mass is 10.2. The Morgan fingerprint density at radius 2 is 1.83 bits per heavy atom. The largest absolute Gasteiger partial charge is 0.368 e. The minimum absolute atomic E-state index is 0. The van der Waals surface area contributed by atoms with E-state index in [-0.39, 0.29) is 35.7 Å². The van der Waals surface area contributed by atoms with E-state index in [4.69, 9.17) is 0 Å². The number of aliphatic imine (C=N–C) groups is 1. The van der Waals surface area contributed by atoms with E-state index >= 15 is 0 Å². The monoisotopic (exact) mass is 526 g/mol. The Kier molecular flexibility index (Phi) is 9.28. The Morgan fingerprint density at radius 1 is 1.13 bits per heavy atom. The van der Waals surface area contributed by atoms with Gasteiger partial charge < -0.3 is 20.4 Å². The number of amides is 1. The van der Waals surface area contributed by atoms with Crippen LogP contribution in [0.5, 0.6) is 0 Å². The molecule has 1 aromatic heterocycles. The molecule has 1 amide bonds. The number of anilines is 2. The van der Waals surface area contributed by atoms with Gasteiger partial charge in [-0.1, -0.05) is 6.07 Å². The lowest BCUT2D eigenvalue weighted by Crippen LogP contribution is -2.52. The highest BCUT2D eigenvalue weighted by molar-refractivity contribution is 14.0. The average molecular weight is 526 g/mol. The van der Waals surface area contributed by atoms with Crippen molar-refractivity contribution in [1.29, 1.82) is 0 Å². The summed E-state index contributed by atoms with van der Waals surface area (Å²) in [4.78, 5) is 25.0. The van der Waals surface area contributed by atoms with Crippen LogP contribution in [-0.4, -0.2) is 61.5 Å². The first-order chi connectivity index (χ1) is 14.0. The fourth-order valence-electron chi connectivity index (χ4n) is 3.20. The second-order valence-electron chi connectivity index (χ2n) is 6.94. The van der Waals surface area contributed by atoms with E-state index in [9.17, 15) is 9.18 Å². The van der Waals surface area contributed by atoms with Gasteiger partial charge in [0.05, 0.1) is 0 Å². The number of nitrogens with zero attached hydrogens (tertiary/aromatic N) is 4. The standard InChI is InChI=1S/C21H27FN6O.HI/c1-16-3-8-19(25-15-16)26-20(29)9-10-24-21(23-2)28-13-11-27(12-14-28)18-6-4-17(22)5-7-18;/h3-8,15H,9-14H2,1-2H3,(H,23,24)(H,25,26,29);1H. The van der Waals surface area contributed by atoms with Crippen molar-refractivity contribution in [2.75, 3.05) is 50.0 Å². The molecule has 7 nitrogen and oxygen atoms in total. The molecule has 3 rings (SSSR count). The summed E-state index contributed by atoms with van der Waals surface area (Å²) in [7, 11) is 1.74. The summed E-state index contributed by atoms with van der Waals surface area (Å²) in [6.07, 6.45) is 2.05. The van der Waals surface area contributed by atoms with Crippen LogP contribution in [0.2, 0.25) is 0 Å². The molecule has 1 aliphatic rings. The molecule has 2 N–H and O–H groups in total. The quantitative estimate of drug-likeness (QED) is 0.356. The summed E-state index contributed by atoms with van der Waals surface area (Å²) in [5, 5.41) is 6.05. The van der Waals surface area contributed by atoms with Gasteiger partial charge in [0.1, 0.15) is 11.6 Å². The Labute approximate surface area is 193 Å². The Bertz CT molecular complexity index is 836. The molecule has 30 heavy (non-hydrogen) atoms. The van der Waals surface area contributed by atoms with Crippen LogP contribution in [0.25, 0.3) is 0 Å². The maximum Gasteiger partial charge on any atom is 0.227 e. The first kappa shape index (κ1) is 23.8. The third kappa shape index (κ3) is 6.82. The zero-order chi connectivity index (χ0) is 20.6. The second kappa shape index (κ2) is 11.7. The molecular formula is C21H28FIN6O. The molecule has 9 heteroatoms. The first-order valence-corrected chi connectivity index (χ1v) is 9.74. The average Bonchev–Trinajstić information content (AvgIpc) is 2.74. The van der Waals surface area contributed by atoms with Gasteiger partial charge in [0.2, 0.25) is 5.91 Å². The van der Waals surface area contributed by atoms with Crippen molar-refractivity contribution >= 4 is 47.3 Å². The fourth-order valence-corrected chi connectivity index (χ4v) is 3.20. The molecule has 1 saturated heterocycles. The number of nitrogens with one attached hydrogen (secondary N) is 2. The second-order valence-corrected chi connectivity index (χ2v) is 6.94. The van der Waals surface area contributed by atoms with Crippen LogP contribution in [0.3, 0.4) is 0 Å². The van der Waals surface area contributed by atoms with E-state index < -0.39 is 0 Å². The fraction of sp³-hybridized carbons (Fsp3) is 0.381. The van der Waals surface area contributed by atoms with Gasteiger partial charge in [0.15, 0.2) is 5.96 Å². The zero-order valence-electron chi connectivity index (χ0n) is 17.3. The van der Waals surface area contributed by atoms with Crippen LogP contribution in [0.15, 0.2) is 47.6 Å². The van der Waals surface area contributed by atoms with Crippen molar-refractivity contribution in [3.63, 3.8) is 0 Å². The Balaban J connectivity index is 0.00000320. The van der Waals surface area contributed by atoms with Gasteiger partial charge in [0.25, 0.3) is 0 Å². The van der Waals surface area contributed by atoms with Crippen LogP contribution >= 0.6 is 24.0 Å². The zero-order valence-corrected chi connectivity index (χ0v) is 19.6. The van der Waals surface area contributed by atoms with Crippen LogP contribution < -0.4 is 15.5 Å². The van der Waals surface area contributed by atoms with E-state index in [1.54, 1.807) is 31.4 Å². The van der Waals surface area contributed by atoms with Crippen LogP contribution in [-0.2, 0) is 4.79 Å². The van der Waals surface area contributed by atoms with E-state index in [0.717, 1.165) is 43.4 Å². The topological polar surface area (TPSA) is 72.9 Å². The maximum absolute atomic E-state index is 13.1. The predicted molar refractivity (Wildman–Crippen MR) is 129 cm³/mol. The molecule has 162 valence electrons. The molecule has 0 atom stereocenters. The Morgan fingerprint density at radius 3 is 2.43 bits per heavy atom. The highest BCUT2D eigenvalue weighted by atomic mass is 127. The highest BCUT2D eigenvalue weighted by Crippen LogP contribution is 2.17. The number of aromatic nitrogens is 1. The van der Waals surface area contributed by atoms with Gasteiger partial charge in [-0.3, -0.25) is 9.79 Å². The van der Waals surface area contributed by atoms with Crippen LogP contribution in [0, 0.1) is 12.7 Å². The number of guanidine groups is 1. The number of benzene rings is 1. The molecule has 1 fully saturated rings.